The second kappa shape index (κ2) is 12.9. The Morgan fingerprint density at radius 1 is 1.14 bits per heavy atom. The second-order valence-corrected chi connectivity index (χ2v) is 9.21. The van der Waals surface area contributed by atoms with E-state index in [1.807, 2.05) is 27.7 Å². The number of nitrogens with zero attached hydrogens (tertiary/aromatic N) is 2. The van der Waals surface area contributed by atoms with Gasteiger partial charge in [-0.2, -0.15) is 0 Å². The van der Waals surface area contributed by atoms with E-state index < -0.39 is 11.6 Å². The molecule has 3 amide bonds. The van der Waals surface area contributed by atoms with Crippen molar-refractivity contribution in [1.29, 1.82) is 0 Å². The molecule has 2 rings (SSSR count). The molecule has 192 valence electrons. The van der Waals surface area contributed by atoms with E-state index in [9.17, 15) is 14.4 Å². The van der Waals surface area contributed by atoms with Gasteiger partial charge in [0.25, 0.3) is 0 Å². The normalized spacial score (nSPS) is 12.1. The maximum absolute atomic E-state index is 13.5. The Morgan fingerprint density at radius 3 is 2.37 bits per heavy atom. The first-order valence-corrected chi connectivity index (χ1v) is 12.1. The van der Waals surface area contributed by atoms with Crippen LogP contribution in [0, 0.1) is 6.92 Å². The Labute approximate surface area is 207 Å². The molecule has 0 spiro atoms. The zero-order valence-corrected chi connectivity index (χ0v) is 21.6. The van der Waals surface area contributed by atoms with Crippen LogP contribution in [-0.2, 0) is 14.4 Å². The number of ether oxygens (including phenoxy) is 1. The minimum absolute atomic E-state index is 0.0369. The van der Waals surface area contributed by atoms with Crippen LogP contribution in [0.4, 0.5) is 5.82 Å². The Kier molecular flexibility index (Phi) is 10.3. The van der Waals surface area contributed by atoms with Crippen molar-refractivity contribution in [2.75, 3.05) is 19.0 Å². The number of hydrogen-bond acceptors (Lipinski definition) is 6. The van der Waals surface area contributed by atoms with Gasteiger partial charge in [0.05, 0.1) is 7.11 Å². The molecule has 0 saturated heterocycles. The smallest absolute Gasteiger partial charge is 0.247 e. The lowest BCUT2D eigenvalue weighted by Gasteiger charge is -2.34. The monoisotopic (exact) mass is 486 g/mol. The van der Waals surface area contributed by atoms with Gasteiger partial charge in [0.1, 0.15) is 17.6 Å². The number of carbonyl (C=O) groups is 3. The van der Waals surface area contributed by atoms with Crippen molar-refractivity contribution >= 4 is 23.5 Å². The van der Waals surface area contributed by atoms with E-state index in [4.69, 9.17) is 9.26 Å². The summed E-state index contributed by atoms with van der Waals surface area (Å²) in [5.41, 5.74) is 0.249. The topological polar surface area (TPSA) is 114 Å². The highest BCUT2D eigenvalue weighted by Crippen LogP contribution is 2.26. The molecule has 1 atom stereocenters. The molecule has 9 heteroatoms. The molecule has 2 aromatic rings. The number of unbranched alkanes of at least 4 members (excludes halogenated alkanes) is 1. The van der Waals surface area contributed by atoms with Gasteiger partial charge in [-0.05, 0) is 51.3 Å². The molecule has 1 aromatic heterocycles. The first kappa shape index (κ1) is 27.9. The van der Waals surface area contributed by atoms with Crippen molar-refractivity contribution in [2.24, 2.45) is 0 Å². The van der Waals surface area contributed by atoms with Crippen molar-refractivity contribution in [3.05, 3.63) is 41.7 Å². The summed E-state index contributed by atoms with van der Waals surface area (Å²) in [6.45, 7) is 10.0. The van der Waals surface area contributed by atoms with Crippen LogP contribution in [0.15, 0.2) is 34.9 Å². The lowest BCUT2D eigenvalue weighted by Crippen LogP contribution is -2.50. The summed E-state index contributed by atoms with van der Waals surface area (Å²) < 4.78 is 10.2. The summed E-state index contributed by atoms with van der Waals surface area (Å²) in [6.07, 6.45) is 2.24. The zero-order valence-electron chi connectivity index (χ0n) is 21.6. The summed E-state index contributed by atoms with van der Waals surface area (Å²) in [5, 5.41) is 9.45. The van der Waals surface area contributed by atoms with Crippen LogP contribution < -0.4 is 15.4 Å². The number of nitrogens with one attached hydrogen (secondary N) is 2. The van der Waals surface area contributed by atoms with Crippen LogP contribution in [0.2, 0.25) is 0 Å². The molecule has 1 unspecified atom stereocenters. The van der Waals surface area contributed by atoms with Gasteiger partial charge in [-0.15, -0.1) is 0 Å². The number of aryl methyl sites for hydroxylation is 1. The predicted molar refractivity (Wildman–Crippen MR) is 134 cm³/mol. The predicted octanol–water partition coefficient (Wildman–Crippen LogP) is 4.39. The fourth-order valence-corrected chi connectivity index (χ4v) is 3.47. The largest absolute Gasteiger partial charge is 0.497 e. The van der Waals surface area contributed by atoms with Gasteiger partial charge < -0.3 is 24.8 Å². The molecule has 9 nitrogen and oxygen atoms in total. The number of anilines is 1. The van der Waals surface area contributed by atoms with E-state index in [1.54, 1.807) is 49.3 Å². The summed E-state index contributed by atoms with van der Waals surface area (Å²) >= 11 is 0. The summed E-state index contributed by atoms with van der Waals surface area (Å²) in [6, 6.07) is 7.92. The van der Waals surface area contributed by atoms with E-state index in [2.05, 4.69) is 15.8 Å². The number of methoxy groups -OCH3 is 1. The Balaban J connectivity index is 2.27. The Morgan fingerprint density at radius 2 is 1.83 bits per heavy atom. The molecule has 1 aromatic carbocycles. The standard InChI is InChI=1S/C26H38N4O5/c1-7-9-16-30(23(32)15-14-22(31)27-21-17-18(3)35-29-21)24(25(33)28-26(4,5)8-2)19-10-12-20(34-6)13-11-19/h10-13,17,24H,7-9,14-16H2,1-6H3,(H,28,33)(H,27,29,31). The van der Waals surface area contributed by atoms with E-state index in [0.717, 1.165) is 19.3 Å². The highest BCUT2D eigenvalue weighted by atomic mass is 16.5. The number of carbonyl (C=O) groups excluding carboxylic acids is 3. The van der Waals surface area contributed by atoms with Gasteiger partial charge in [0, 0.05) is 31.0 Å². The molecule has 0 aliphatic rings. The molecule has 2 N–H and O–H groups in total. The average Bonchev–Trinajstić information content (AvgIpc) is 3.24. The molecule has 35 heavy (non-hydrogen) atoms. The third-order valence-electron chi connectivity index (χ3n) is 5.87. The van der Waals surface area contributed by atoms with Crippen LogP contribution >= 0.6 is 0 Å². The molecule has 0 aliphatic carbocycles. The minimum Gasteiger partial charge on any atom is -0.497 e. The highest BCUT2D eigenvalue weighted by Gasteiger charge is 2.33. The Hall–Kier alpha value is -3.36. The molecule has 0 saturated carbocycles. The summed E-state index contributed by atoms with van der Waals surface area (Å²) in [4.78, 5) is 40.9. The van der Waals surface area contributed by atoms with Crippen molar-refractivity contribution in [3.63, 3.8) is 0 Å². The number of hydrogen-bond donors (Lipinski definition) is 2. The lowest BCUT2D eigenvalue weighted by molar-refractivity contribution is -0.142. The van der Waals surface area contributed by atoms with Crippen LogP contribution in [0.25, 0.3) is 0 Å². The number of benzene rings is 1. The molecule has 0 bridgehead atoms. The second-order valence-electron chi connectivity index (χ2n) is 9.21. The maximum atomic E-state index is 13.5. The van der Waals surface area contributed by atoms with Crippen molar-refractivity contribution in [1.82, 2.24) is 15.4 Å². The fourth-order valence-electron chi connectivity index (χ4n) is 3.47. The highest BCUT2D eigenvalue weighted by molar-refractivity contribution is 5.94. The lowest BCUT2D eigenvalue weighted by atomic mass is 9.98. The third-order valence-corrected chi connectivity index (χ3v) is 5.87. The van der Waals surface area contributed by atoms with Crippen molar-refractivity contribution in [3.8, 4) is 5.75 Å². The van der Waals surface area contributed by atoms with E-state index >= 15 is 0 Å². The maximum Gasteiger partial charge on any atom is 0.247 e. The molecule has 0 fully saturated rings. The molecular weight excluding hydrogens is 448 g/mol. The summed E-state index contributed by atoms with van der Waals surface area (Å²) in [7, 11) is 1.57. The van der Waals surface area contributed by atoms with Gasteiger partial charge in [-0.25, -0.2) is 0 Å². The Bertz CT molecular complexity index is 984. The number of amides is 3. The number of rotatable bonds is 13. The minimum atomic E-state index is -0.827. The van der Waals surface area contributed by atoms with Crippen LogP contribution in [0.1, 0.15) is 77.2 Å². The third kappa shape index (κ3) is 8.42. The van der Waals surface area contributed by atoms with Gasteiger partial charge >= 0.3 is 0 Å². The number of aromatic nitrogens is 1. The van der Waals surface area contributed by atoms with E-state index in [1.165, 1.54) is 0 Å². The first-order chi connectivity index (χ1) is 16.6. The van der Waals surface area contributed by atoms with Crippen LogP contribution in [-0.4, -0.2) is 47.0 Å². The summed E-state index contributed by atoms with van der Waals surface area (Å²) in [5.74, 6) is 0.669. The fraction of sp³-hybridized carbons (Fsp3) is 0.538. The average molecular weight is 487 g/mol. The molecule has 0 aliphatic heterocycles. The molecule has 1 heterocycles. The van der Waals surface area contributed by atoms with Gasteiger partial charge in [-0.3, -0.25) is 14.4 Å². The van der Waals surface area contributed by atoms with Gasteiger partial charge in [0.2, 0.25) is 17.7 Å². The zero-order chi connectivity index (χ0) is 26.0. The van der Waals surface area contributed by atoms with E-state index in [0.29, 0.717) is 29.4 Å². The van der Waals surface area contributed by atoms with Crippen LogP contribution in [0.5, 0.6) is 5.75 Å². The van der Waals surface area contributed by atoms with Gasteiger partial charge in [0.15, 0.2) is 5.82 Å². The molecule has 0 radical (unpaired) electrons. The SMILES string of the molecule is CCCCN(C(=O)CCC(=O)Nc1cc(C)on1)C(C(=O)NC(C)(C)CC)c1ccc(OC)cc1. The van der Waals surface area contributed by atoms with Crippen molar-refractivity contribution < 1.29 is 23.6 Å². The quantitative estimate of drug-likeness (QED) is 0.434. The van der Waals surface area contributed by atoms with Crippen molar-refractivity contribution in [2.45, 2.75) is 78.3 Å². The van der Waals surface area contributed by atoms with E-state index in [-0.39, 0.29) is 30.6 Å². The van der Waals surface area contributed by atoms with Gasteiger partial charge in [-0.1, -0.05) is 37.6 Å². The molecular formula is C26H38N4O5. The van der Waals surface area contributed by atoms with Crippen LogP contribution in [0.3, 0.4) is 0 Å². The first-order valence-electron chi connectivity index (χ1n) is 12.1.